The van der Waals surface area contributed by atoms with Crippen molar-refractivity contribution in [1.82, 2.24) is 24.4 Å². The Morgan fingerprint density at radius 3 is 2.57 bits per heavy atom. The Morgan fingerprint density at radius 1 is 1.17 bits per heavy atom. The van der Waals surface area contributed by atoms with Gasteiger partial charge in [-0.15, -0.1) is 0 Å². The standard InChI is InChI=1S/C18H14F3N5O3S/c1-3-30(28,29)16-14(15-22-7-6-10(2)25(15)24-16)26-17(27)13-8-12(18(19,20)21)5-4-11(13)9-23-26/h4-9H,3H2,1-2H3. The van der Waals surface area contributed by atoms with Crippen molar-refractivity contribution in [3.8, 4) is 5.69 Å². The zero-order chi connectivity index (χ0) is 21.8. The summed E-state index contributed by atoms with van der Waals surface area (Å²) in [5.41, 5.74) is -1.52. The second-order valence-electron chi connectivity index (χ2n) is 6.54. The van der Waals surface area contributed by atoms with E-state index in [0.717, 1.165) is 16.8 Å². The lowest BCUT2D eigenvalue weighted by Gasteiger charge is -2.09. The lowest BCUT2D eigenvalue weighted by molar-refractivity contribution is -0.137. The molecule has 3 heterocycles. The maximum absolute atomic E-state index is 13.1. The van der Waals surface area contributed by atoms with Crippen molar-refractivity contribution in [2.24, 2.45) is 0 Å². The van der Waals surface area contributed by atoms with Crippen molar-refractivity contribution in [3.05, 3.63) is 58.3 Å². The van der Waals surface area contributed by atoms with E-state index in [1.807, 2.05) is 0 Å². The minimum atomic E-state index is -4.64. The van der Waals surface area contributed by atoms with Gasteiger partial charge in [0.25, 0.3) is 5.56 Å². The van der Waals surface area contributed by atoms with Crippen molar-refractivity contribution in [2.75, 3.05) is 5.75 Å². The molecule has 0 atom stereocenters. The van der Waals surface area contributed by atoms with E-state index in [1.165, 1.54) is 23.8 Å². The molecule has 156 valence electrons. The summed E-state index contributed by atoms with van der Waals surface area (Å²) in [7, 11) is -3.91. The number of rotatable bonds is 3. The van der Waals surface area contributed by atoms with Crippen LogP contribution in [-0.4, -0.2) is 38.5 Å². The summed E-state index contributed by atoms with van der Waals surface area (Å²) in [5.74, 6) is -0.302. The second-order valence-corrected chi connectivity index (χ2v) is 8.73. The van der Waals surface area contributed by atoms with E-state index < -0.39 is 32.2 Å². The molecule has 0 saturated heterocycles. The lowest BCUT2D eigenvalue weighted by atomic mass is 10.1. The zero-order valence-electron chi connectivity index (χ0n) is 15.7. The molecule has 0 aliphatic rings. The molecule has 0 saturated carbocycles. The molecule has 0 radical (unpaired) electrons. The van der Waals surface area contributed by atoms with E-state index in [-0.39, 0.29) is 27.9 Å². The smallest absolute Gasteiger partial charge is 0.267 e. The van der Waals surface area contributed by atoms with Gasteiger partial charge in [-0.2, -0.15) is 28.1 Å². The summed E-state index contributed by atoms with van der Waals surface area (Å²) in [4.78, 5) is 17.2. The van der Waals surface area contributed by atoms with Crippen LogP contribution in [-0.2, 0) is 16.0 Å². The Hall–Kier alpha value is -3.28. The number of aromatic nitrogens is 5. The van der Waals surface area contributed by atoms with Crippen LogP contribution in [0.4, 0.5) is 13.2 Å². The van der Waals surface area contributed by atoms with Crippen molar-refractivity contribution < 1.29 is 21.6 Å². The number of benzene rings is 1. The van der Waals surface area contributed by atoms with Crippen LogP contribution in [0.5, 0.6) is 0 Å². The Kier molecular flexibility index (Phi) is 4.42. The van der Waals surface area contributed by atoms with Crippen LogP contribution in [0.2, 0.25) is 0 Å². The molecule has 0 bridgehead atoms. The summed E-state index contributed by atoms with van der Waals surface area (Å²) in [6.07, 6.45) is -2.04. The average molecular weight is 437 g/mol. The van der Waals surface area contributed by atoms with Gasteiger partial charge in [0, 0.05) is 17.3 Å². The predicted molar refractivity (Wildman–Crippen MR) is 101 cm³/mol. The zero-order valence-corrected chi connectivity index (χ0v) is 16.5. The van der Waals surface area contributed by atoms with E-state index in [0.29, 0.717) is 11.8 Å². The minimum absolute atomic E-state index is 0.0444. The van der Waals surface area contributed by atoms with Gasteiger partial charge in [0.1, 0.15) is 0 Å². The number of sulfone groups is 1. The molecule has 4 rings (SSSR count). The largest absolute Gasteiger partial charge is 0.416 e. The van der Waals surface area contributed by atoms with Gasteiger partial charge in [-0.25, -0.2) is 17.9 Å². The number of hydrogen-bond donors (Lipinski definition) is 0. The fraction of sp³-hybridized carbons (Fsp3) is 0.222. The molecule has 0 amide bonds. The van der Waals surface area contributed by atoms with E-state index in [1.54, 1.807) is 13.0 Å². The summed E-state index contributed by atoms with van der Waals surface area (Å²) in [6, 6.07) is 4.30. The molecule has 0 aliphatic heterocycles. The Balaban J connectivity index is 2.13. The molecule has 0 fully saturated rings. The molecule has 4 aromatic rings. The topological polar surface area (TPSA) is 99.2 Å². The predicted octanol–water partition coefficient (Wildman–Crippen LogP) is 2.55. The van der Waals surface area contributed by atoms with Crippen LogP contribution >= 0.6 is 0 Å². The SMILES string of the molecule is CCS(=O)(=O)c1nn2c(C)ccnc2c1-n1ncc2ccc(C(F)(F)F)cc2c1=O. The lowest BCUT2D eigenvalue weighted by Crippen LogP contribution is -2.23. The van der Waals surface area contributed by atoms with Gasteiger partial charge in [0.2, 0.25) is 5.03 Å². The first-order chi connectivity index (χ1) is 14.0. The molecule has 8 nitrogen and oxygen atoms in total. The van der Waals surface area contributed by atoms with Crippen LogP contribution in [0.3, 0.4) is 0 Å². The molecule has 1 aromatic carbocycles. The van der Waals surface area contributed by atoms with Gasteiger partial charge in [0.15, 0.2) is 21.2 Å². The summed E-state index contributed by atoms with van der Waals surface area (Å²) in [6.45, 7) is 3.08. The van der Waals surface area contributed by atoms with Crippen LogP contribution in [0, 0.1) is 6.92 Å². The van der Waals surface area contributed by atoms with Crippen molar-refractivity contribution in [1.29, 1.82) is 0 Å². The van der Waals surface area contributed by atoms with Crippen LogP contribution < -0.4 is 5.56 Å². The second kappa shape index (κ2) is 6.62. The van der Waals surface area contributed by atoms with Crippen LogP contribution in [0.25, 0.3) is 22.1 Å². The first kappa shape index (κ1) is 20.0. The molecule has 12 heteroatoms. The number of nitrogens with zero attached hydrogens (tertiary/aromatic N) is 5. The number of fused-ring (bicyclic) bond motifs is 2. The van der Waals surface area contributed by atoms with Crippen LogP contribution in [0.15, 0.2) is 46.5 Å². The fourth-order valence-electron chi connectivity index (χ4n) is 3.04. The highest BCUT2D eigenvalue weighted by atomic mass is 32.2. The molecule has 0 spiro atoms. The fourth-order valence-corrected chi connectivity index (χ4v) is 3.99. The molecule has 3 aromatic heterocycles. The first-order valence-electron chi connectivity index (χ1n) is 8.71. The monoisotopic (exact) mass is 437 g/mol. The quantitative estimate of drug-likeness (QED) is 0.489. The Bertz CT molecular complexity index is 1470. The van der Waals surface area contributed by atoms with Crippen molar-refractivity contribution >= 4 is 26.3 Å². The van der Waals surface area contributed by atoms with Gasteiger partial charge < -0.3 is 0 Å². The van der Waals surface area contributed by atoms with E-state index in [4.69, 9.17) is 0 Å². The number of hydrogen-bond acceptors (Lipinski definition) is 6. The first-order valence-corrected chi connectivity index (χ1v) is 10.4. The van der Waals surface area contributed by atoms with Gasteiger partial charge >= 0.3 is 6.18 Å². The highest BCUT2D eigenvalue weighted by molar-refractivity contribution is 7.91. The molecule has 30 heavy (non-hydrogen) atoms. The average Bonchev–Trinajstić information content (AvgIpc) is 3.09. The molecular formula is C18H14F3N5O3S. The molecule has 0 unspecified atom stereocenters. The normalized spacial score (nSPS) is 12.7. The minimum Gasteiger partial charge on any atom is -0.267 e. The van der Waals surface area contributed by atoms with Gasteiger partial charge in [-0.05, 0) is 25.1 Å². The molecular weight excluding hydrogens is 423 g/mol. The van der Waals surface area contributed by atoms with E-state index in [2.05, 4.69) is 15.2 Å². The van der Waals surface area contributed by atoms with Gasteiger partial charge in [0.05, 0.1) is 22.9 Å². The van der Waals surface area contributed by atoms with Gasteiger partial charge in [-0.3, -0.25) is 4.79 Å². The maximum Gasteiger partial charge on any atom is 0.416 e. The highest BCUT2D eigenvalue weighted by Crippen LogP contribution is 2.31. The Labute approximate surface area is 167 Å². The summed E-state index contributed by atoms with van der Waals surface area (Å²) in [5, 5.41) is 7.59. The van der Waals surface area contributed by atoms with Crippen molar-refractivity contribution in [3.63, 3.8) is 0 Å². The molecule has 0 N–H and O–H groups in total. The third-order valence-corrected chi connectivity index (χ3v) is 6.28. The van der Waals surface area contributed by atoms with E-state index in [9.17, 15) is 26.4 Å². The summed E-state index contributed by atoms with van der Waals surface area (Å²) >= 11 is 0. The number of alkyl halides is 3. The maximum atomic E-state index is 13.1. The third-order valence-electron chi connectivity index (χ3n) is 4.65. The Morgan fingerprint density at radius 2 is 1.90 bits per heavy atom. The van der Waals surface area contributed by atoms with E-state index >= 15 is 0 Å². The number of aryl methyl sites for hydroxylation is 1. The highest BCUT2D eigenvalue weighted by Gasteiger charge is 2.32. The molecule has 0 aliphatic carbocycles. The third kappa shape index (κ3) is 3.03. The van der Waals surface area contributed by atoms with Crippen molar-refractivity contribution in [2.45, 2.75) is 25.0 Å². The van der Waals surface area contributed by atoms with Crippen LogP contribution in [0.1, 0.15) is 18.2 Å². The number of halogens is 3. The van der Waals surface area contributed by atoms with Gasteiger partial charge in [-0.1, -0.05) is 13.0 Å². The summed E-state index contributed by atoms with van der Waals surface area (Å²) < 4.78 is 66.6.